The van der Waals surface area contributed by atoms with Crippen LogP contribution in [-0.4, -0.2) is 96.7 Å². The number of piperazine rings is 2. The second kappa shape index (κ2) is 18.0. The third kappa shape index (κ3) is 15.1. The fraction of sp³-hybridized carbons (Fsp3) is 0.559. The van der Waals surface area contributed by atoms with Crippen LogP contribution in [0.4, 0.5) is 9.59 Å². The van der Waals surface area contributed by atoms with Crippen molar-refractivity contribution < 1.29 is 23.9 Å². The normalized spacial score (nSPS) is 15.6. The Balaban J connectivity index is 0.000000259. The number of amides is 2. The topological polar surface area (TPSA) is 91.4 Å². The zero-order valence-corrected chi connectivity index (χ0v) is 31.2. The Kier molecular flexibility index (Phi) is 15.5. The van der Waals surface area contributed by atoms with Gasteiger partial charge in [0.1, 0.15) is 17.5 Å². The van der Waals surface area contributed by atoms with Crippen molar-refractivity contribution in [1.82, 2.24) is 20.0 Å². The maximum absolute atomic E-state index is 12.1. The molecule has 9 nitrogen and oxygen atoms in total. The predicted octanol–water partition coefficient (Wildman–Crippen LogP) is 7.21. The maximum Gasteiger partial charge on any atom is 0.410 e. The van der Waals surface area contributed by atoms with Gasteiger partial charge in [-0.1, -0.05) is 44.0 Å². The van der Waals surface area contributed by atoms with Gasteiger partial charge in [0.25, 0.3) is 0 Å². The third-order valence-corrected chi connectivity index (χ3v) is 7.84. The summed E-state index contributed by atoms with van der Waals surface area (Å²) in [6.07, 6.45) is 0.461. The highest BCUT2D eigenvalue weighted by Crippen LogP contribution is 2.19. The van der Waals surface area contributed by atoms with Crippen molar-refractivity contribution in [3.8, 4) is 0 Å². The van der Waals surface area contributed by atoms with E-state index in [0.717, 1.165) is 85.3 Å². The standard InChI is InChI=1S/C17H25BrN2O2.C9H18N2O2.C8H7BrO/c1-13-11-15(18)6-5-14(13)12-19-7-9-20(10-8-19)16(21)22-17(2,3)4;1-9(2,3)13-8(12)11-6-4-10-5-7-11;1-6-4-8(9)3-2-7(6)5-10/h5-6,11H,7-10,12H2,1-4H3;10H,4-7H2,1-3H3;2-5H,1H3. The van der Waals surface area contributed by atoms with Crippen LogP contribution in [0.1, 0.15) is 68.6 Å². The van der Waals surface area contributed by atoms with Gasteiger partial charge in [-0.3, -0.25) is 9.69 Å². The molecule has 0 bridgehead atoms. The number of ether oxygens (including phenoxy) is 2. The number of hydrogen-bond donors (Lipinski definition) is 1. The lowest BCUT2D eigenvalue weighted by Gasteiger charge is -2.35. The molecule has 2 fully saturated rings. The summed E-state index contributed by atoms with van der Waals surface area (Å²) in [7, 11) is 0. The van der Waals surface area contributed by atoms with E-state index >= 15 is 0 Å². The van der Waals surface area contributed by atoms with Crippen molar-refractivity contribution in [3.05, 3.63) is 67.6 Å². The summed E-state index contributed by atoms with van der Waals surface area (Å²) in [4.78, 5) is 39.8. The Morgan fingerprint density at radius 2 is 1.22 bits per heavy atom. The molecule has 0 radical (unpaired) electrons. The maximum atomic E-state index is 12.1. The van der Waals surface area contributed by atoms with Gasteiger partial charge in [-0.05, 0) is 96.3 Å². The Labute approximate surface area is 286 Å². The largest absolute Gasteiger partial charge is 0.444 e. The van der Waals surface area contributed by atoms with Crippen LogP contribution in [0.5, 0.6) is 0 Å². The SMILES string of the molecule is CC(C)(C)OC(=O)N1CCNCC1.Cc1cc(Br)ccc1C=O.Cc1cc(Br)ccc1CN1CCN(C(=O)OC(C)(C)C)CC1. The van der Waals surface area contributed by atoms with E-state index in [9.17, 15) is 14.4 Å². The third-order valence-electron chi connectivity index (χ3n) is 6.85. The molecule has 2 aliphatic rings. The fourth-order valence-corrected chi connectivity index (χ4v) is 5.39. The molecule has 11 heteroatoms. The van der Waals surface area contributed by atoms with Crippen LogP contribution < -0.4 is 5.32 Å². The highest BCUT2D eigenvalue weighted by atomic mass is 79.9. The molecule has 2 aliphatic heterocycles. The van der Waals surface area contributed by atoms with Crippen LogP contribution in [0.15, 0.2) is 45.3 Å². The molecule has 0 aliphatic carbocycles. The number of halogens is 2. The number of carbonyl (C=O) groups is 3. The first-order valence-electron chi connectivity index (χ1n) is 15.3. The molecule has 250 valence electrons. The van der Waals surface area contributed by atoms with Crippen molar-refractivity contribution in [3.63, 3.8) is 0 Å². The highest BCUT2D eigenvalue weighted by molar-refractivity contribution is 9.10. The van der Waals surface area contributed by atoms with Gasteiger partial charge in [0.2, 0.25) is 0 Å². The molecule has 2 aromatic carbocycles. The predicted molar refractivity (Wildman–Crippen MR) is 187 cm³/mol. The van der Waals surface area contributed by atoms with Crippen LogP contribution in [0.2, 0.25) is 0 Å². The first-order valence-corrected chi connectivity index (χ1v) is 16.9. The monoisotopic (exact) mass is 752 g/mol. The Morgan fingerprint density at radius 3 is 1.67 bits per heavy atom. The molecular formula is C34H50Br2N4O5. The van der Waals surface area contributed by atoms with Crippen LogP contribution in [-0.2, 0) is 16.0 Å². The highest BCUT2D eigenvalue weighted by Gasteiger charge is 2.26. The molecule has 2 heterocycles. The minimum absolute atomic E-state index is 0.200. The van der Waals surface area contributed by atoms with E-state index in [4.69, 9.17) is 9.47 Å². The van der Waals surface area contributed by atoms with Crippen LogP contribution >= 0.6 is 31.9 Å². The average molecular weight is 755 g/mol. The molecule has 4 rings (SSSR count). The summed E-state index contributed by atoms with van der Waals surface area (Å²) < 4.78 is 12.8. The quantitative estimate of drug-likeness (QED) is 0.332. The number of nitrogens with zero attached hydrogens (tertiary/aromatic N) is 3. The molecule has 1 N–H and O–H groups in total. The molecule has 45 heavy (non-hydrogen) atoms. The molecule has 0 unspecified atom stereocenters. The van der Waals surface area contributed by atoms with Crippen molar-refractivity contribution in [2.75, 3.05) is 52.4 Å². The second-order valence-electron chi connectivity index (χ2n) is 13.2. The van der Waals surface area contributed by atoms with Gasteiger partial charge in [-0.15, -0.1) is 0 Å². The minimum Gasteiger partial charge on any atom is -0.444 e. The van der Waals surface area contributed by atoms with Gasteiger partial charge in [-0.2, -0.15) is 0 Å². The van der Waals surface area contributed by atoms with Crippen LogP contribution in [0.3, 0.4) is 0 Å². The number of carbonyl (C=O) groups excluding carboxylic acids is 3. The molecule has 2 amide bonds. The van der Waals surface area contributed by atoms with Gasteiger partial charge >= 0.3 is 12.2 Å². The number of rotatable bonds is 3. The number of aryl methyl sites for hydroxylation is 2. The van der Waals surface area contributed by atoms with E-state index < -0.39 is 5.60 Å². The summed E-state index contributed by atoms with van der Waals surface area (Å²) in [5, 5.41) is 3.18. The average Bonchev–Trinajstić information content (AvgIpc) is 2.94. The van der Waals surface area contributed by atoms with Gasteiger partial charge in [0.05, 0.1) is 0 Å². The number of nitrogens with one attached hydrogen (secondary N) is 1. The Bertz CT molecular complexity index is 1260. The summed E-state index contributed by atoms with van der Waals surface area (Å²) in [5.74, 6) is 0. The molecule has 0 aromatic heterocycles. The van der Waals surface area contributed by atoms with E-state index in [1.807, 2.05) is 60.6 Å². The zero-order chi connectivity index (χ0) is 33.8. The summed E-state index contributed by atoms with van der Waals surface area (Å²) in [6, 6.07) is 12.0. The Hall–Kier alpha value is -2.47. The first-order chi connectivity index (χ1) is 21.0. The molecule has 0 spiro atoms. The molecule has 2 saturated heterocycles. The first kappa shape index (κ1) is 38.7. The molecule has 0 saturated carbocycles. The summed E-state index contributed by atoms with van der Waals surface area (Å²) in [5.41, 5.74) is 3.58. The molecular weight excluding hydrogens is 704 g/mol. The van der Waals surface area contributed by atoms with Gasteiger partial charge in [-0.25, -0.2) is 9.59 Å². The number of aldehydes is 1. The summed E-state index contributed by atoms with van der Waals surface area (Å²) in [6.45, 7) is 22.8. The van der Waals surface area contributed by atoms with Crippen molar-refractivity contribution in [2.45, 2.75) is 73.1 Å². The van der Waals surface area contributed by atoms with Gasteiger partial charge in [0.15, 0.2) is 0 Å². The van der Waals surface area contributed by atoms with E-state index in [1.54, 1.807) is 15.9 Å². The van der Waals surface area contributed by atoms with Crippen molar-refractivity contribution in [1.29, 1.82) is 0 Å². The smallest absolute Gasteiger partial charge is 0.410 e. The van der Waals surface area contributed by atoms with Crippen molar-refractivity contribution in [2.24, 2.45) is 0 Å². The van der Waals surface area contributed by atoms with E-state index in [-0.39, 0.29) is 17.8 Å². The van der Waals surface area contributed by atoms with Crippen LogP contribution in [0.25, 0.3) is 0 Å². The lowest BCUT2D eigenvalue weighted by atomic mass is 10.1. The van der Waals surface area contributed by atoms with E-state index in [0.29, 0.717) is 0 Å². The lowest BCUT2D eigenvalue weighted by Crippen LogP contribution is -2.49. The van der Waals surface area contributed by atoms with Gasteiger partial charge in [0, 0.05) is 73.4 Å². The van der Waals surface area contributed by atoms with Crippen LogP contribution in [0, 0.1) is 13.8 Å². The number of hydrogen-bond acceptors (Lipinski definition) is 7. The van der Waals surface area contributed by atoms with E-state index in [1.165, 1.54) is 11.1 Å². The molecule has 0 atom stereocenters. The Morgan fingerprint density at radius 1 is 0.756 bits per heavy atom. The second-order valence-corrected chi connectivity index (χ2v) is 15.0. The zero-order valence-electron chi connectivity index (χ0n) is 28.0. The van der Waals surface area contributed by atoms with Gasteiger partial charge < -0.3 is 24.6 Å². The van der Waals surface area contributed by atoms with E-state index in [2.05, 4.69) is 67.2 Å². The number of benzene rings is 2. The minimum atomic E-state index is -0.428. The molecule has 2 aromatic rings. The summed E-state index contributed by atoms with van der Waals surface area (Å²) >= 11 is 6.81. The fourth-order valence-electron chi connectivity index (χ4n) is 4.44. The van der Waals surface area contributed by atoms with Crippen molar-refractivity contribution >= 4 is 50.3 Å². The lowest BCUT2D eigenvalue weighted by molar-refractivity contribution is 0.0137.